The third-order valence-electron chi connectivity index (χ3n) is 5.04. The van der Waals surface area contributed by atoms with E-state index in [0.717, 1.165) is 44.6 Å². The van der Waals surface area contributed by atoms with Gasteiger partial charge in [-0.2, -0.15) is 0 Å². The van der Waals surface area contributed by atoms with Crippen LogP contribution in [0, 0.1) is 0 Å². The number of rotatable bonds is 6. The summed E-state index contributed by atoms with van der Waals surface area (Å²) in [5, 5.41) is 10.2. The Morgan fingerprint density at radius 3 is 2.73 bits per heavy atom. The Morgan fingerprint density at radius 2 is 2.08 bits per heavy atom. The maximum absolute atomic E-state index is 11.0. The highest BCUT2D eigenvalue weighted by Gasteiger charge is 2.26. The van der Waals surface area contributed by atoms with Gasteiger partial charge in [-0.3, -0.25) is 14.6 Å². The monoisotopic (exact) mass is 398 g/mol. The van der Waals surface area contributed by atoms with E-state index in [9.17, 15) is 4.79 Å². The Hall–Kier alpha value is -1.27. The van der Waals surface area contributed by atoms with Gasteiger partial charge < -0.3 is 9.84 Å². The summed E-state index contributed by atoms with van der Waals surface area (Å²) in [7, 11) is 0. The molecule has 0 amide bonds. The molecule has 5 nitrogen and oxygen atoms in total. The minimum atomic E-state index is -0.755. The minimum absolute atomic E-state index is 0.123. The first-order valence-corrected chi connectivity index (χ1v) is 9.71. The Labute approximate surface area is 164 Å². The number of fused-ring (bicyclic) bond motifs is 1. The lowest BCUT2D eigenvalue weighted by molar-refractivity contribution is -0.139. The van der Waals surface area contributed by atoms with E-state index in [0.29, 0.717) is 28.4 Å². The highest BCUT2D eigenvalue weighted by Crippen LogP contribution is 2.36. The van der Waals surface area contributed by atoms with Crippen molar-refractivity contribution in [1.82, 2.24) is 9.80 Å². The summed E-state index contributed by atoms with van der Waals surface area (Å²) in [6.07, 6.45) is 4.10. The van der Waals surface area contributed by atoms with E-state index < -0.39 is 5.97 Å². The average molecular weight is 399 g/mol. The van der Waals surface area contributed by atoms with Gasteiger partial charge in [-0.25, -0.2) is 0 Å². The third kappa shape index (κ3) is 4.71. The molecule has 0 aromatic heterocycles. The number of nitrogens with zero attached hydrogens (tertiary/aromatic N) is 2. The molecule has 0 saturated carbocycles. The highest BCUT2D eigenvalue weighted by molar-refractivity contribution is 6.36. The number of ether oxygens (including phenoxy) is 1. The molecule has 0 bridgehead atoms. The zero-order chi connectivity index (χ0) is 18.7. The molecule has 1 N–H and O–H groups in total. The van der Waals surface area contributed by atoms with Gasteiger partial charge >= 0.3 is 5.97 Å². The van der Waals surface area contributed by atoms with Crippen molar-refractivity contribution in [2.45, 2.75) is 25.8 Å². The Kier molecular flexibility index (Phi) is 6.46. The number of halogens is 2. The first-order valence-electron chi connectivity index (χ1n) is 8.95. The zero-order valence-corrected chi connectivity index (χ0v) is 16.4. The Bertz CT molecular complexity index is 700. The molecule has 0 aliphatic carbocycles. The lowest BCUT2D eigenvalue weighted by Crippen LogP contribution is -2.47. The van der Waals surface area contributed by atoms with Crippen LogP contribution in [-0.2, 0) is 4.79 Å². The van der Waals surface area contributed by atoms with E-state index in [1.54, 1.807) is 6.07 Å². The highest BCUT2D eigenvalue weighted by atomic mass is 35.5. The number of hydrogen-bond donors (Lipinski definition) is 1. The molecule has 2 heterocycles. The normalized spacial score (nSPS) is 18.4. The van der Waals surface area contributed by atoms with Crippen molar-refractivity contribution in [2.75, 3.05) is 39.3 Å². The van der Waals surface area contributed by atoms with Gasteiger partial charge in [0, 0.05) is 23.2 Å². The molecule has 0 atom stereocenters. The largest absolute Gasteiger partial charge is 0.487 e. The second kappa shape index (κ2) is 8.61. The van der Waals surface area contributed by atoms with Gasteiger partial charge in [0.05, 0.1) is 11.6 Å². The minimum Gasteiger partial charge on any atom is -0.487 e. The summed E-state index contributed by atoms with van der Waals surface area (Å²) in [5.41, 5.74) is 2.13. The van der Waals surface area contributed by atoms with Crippen LogP contribution in [0.4, 0.5) is 0 Å². The van der Waals surface area contributed by atoms with E-state index in [2.05, 4.69) is 15.9 Å². The molecule has 2 aliphatic heterocycles. The van der Waals surface area contributed by atoms with Gasteiger partial charge in [-0.05, 0) is 56.3 Å². The van der Waals surface area contributed by atoms with Crippen LogP contribution in [0.3, 0.4) is 0 Å². The van der Waals surface area contributed by atoms with E-state index in [1.807, 2.05) is 13.0 Å². The topological polar surface area (TPSA) is 53.0 Å². The molecule has 7 heteroatoms. The van der Waals surface area contributed by atoms with Crippen molar-refractivity contribution >= 4 is 35.2 Å². The molecular weight excluding hydrogens is 375 g/mol. The van der Waals surface area contributed by atoms with Gasteiger partial charge in [0.25, 0.3) is 0 Å². The number of aliphatic carboxylic acids is 1. The standard InChI is InChI=1S/C19H24Cl2N2O3/c1-2-23(11-18(24)25)16-3-5-22(6-4-16)10-13-7-14-8-15(20)9-17(21)19(14)26-12-13/h7-9,16H,2-6,10-12H2,1H3,(H,24,25). The van der Waals surface area contributed by atoms with Crippen molar-refractivity contribution in [3.63, 3.8) is 0 Å². The predicted octanol–water partition coefficient (Wildman–Crippen LogP) is 3.64. The quantitative estimate of drug-likeness (QED) is 0.792. The van der Waals surface area contributed by atoms with Crippen molar-refractivity contribution < 1.29 is 14.6 Å². The van der Waals surface area contributed by atoms with Gasteiger partial charge in [0.1, 0.15) is 12.4 Å². The van der Waals surface area contributed by atoms with E-state index in [1.165, 1.54) is 5.57 Å². The molecule has 1 aromatic carbocycles. The second-order valence-corrected chi connectivity index (χ2v) is 7.71. The fourth-order valence-corrected chi connectivity index (χ4v) is 4.32. The molecule has 1 aromatic rings. The SMILES string of the molecule is CCN(CC(=O)O)C1CCN(CC2=Cc3cc(Cl)cc(Cl)c3OC2)CC1. The van der Waals surface area contributed by atoms with Crippen molar-refractivity contribution in [3.8, 4) is 5.75 Å². The van der Waals surface area contributed by atoms with Crippen LogP contribution in [0.25, 0.3) is 6.08 Å². The summed E-state index contributed by atoms with van der Waals surface area (Å²) in [5.74, 6) is -0.0550. The summed E-state index contributed by atoms with van der Waals surface area (Å²) in [6, 6.07) is 3.92. The van der Waals surface area contributed by atoms with Crippen LogP contribution in [0.2, 0.25) is 10.0 Å². The predicted molar refractivity (Wildman–Crippen MR) is 104 cm³/mol. The van der Waals surface area contributed by atoms with Gasteiger partial charge in [0.2, 0.25) is 0 Å². The van der Waals surface area contributed by atoms with Crippen molar-refractivity contribution in [1.29, 1.82) is 0 Å². The number of carboxylic acid groups (broad SMARTS) is 1. The smallest absolute Gasteiger partial charge is 0.317 e. The van der Waals surface area contributed by atoms with Gasteiger partial charge in [0.15, 0.2) is 0 Å². The number of likely N-dealkylation sites (N-methyl/N-ethyl adjacent to an activating group) is 1. The van der Waals surface area contributed by atoms with Crippen LogP contribution >= 0.6 is 23.2 Å². The molecule has 26 heavy (non-hydrogen) atoms. The molecule has 3 rings (SSSR count). The molecule has 1 saturated heterocycles. The molecule has 2 aliphatic rings. The molecule has 142 valence electrons. The Balaban J connectivity index is 1.58. The van der Waals surface area contributed by atoms with E-state index >= 15 is 0 Å². The lowest BCUT2D eigenvalue weighted by atomic mass is 10.0. The lowest BCUT2D eigenvalue weighted by Gasteiger charge is -2.38. The van der Waals surface area contributed by atoms with E-state index in [4.69, 9.17) is 33.0 Å². The van der Waals surface area contributed by atoms with Crippen molar-refractivity contribution in [2.24, 2.45) is 0 Å². The van der Waals surface area contributed by atoms with Crippen LogP contribution in [0.1, 0.15) is 25.3 Å². The molecule has 0 spiro atoms. The first-order chi connectivity index (χ1) is 12.5. The van der Waals surface area contributed by atoms with Gasteiger partial charge in [-0.1, -0.05) is 30.1 Å². The number of carbonyl (C=O) groups is 1. The molecular formula is C19H24Cl2N2O3. The number of carboxylic acids is 1. The fraction of sp³-hybridized carbons (Fsp3) is 0.526. The van der Waals surface area contributed by atoms with Crippen molar-refractivity contribution in [3.05, 3.63) is 33.3 Å². The third-order valence-corrected chi connectivity index (χ3v) is 5.54. The summed E-state index contributed by atoms with van der Waals surface area (Å²) in [6.45, 7) is 6.22. The number of benzene rings is 1. The maximum atomic E-state index is 11.0. The van der Waals surface area contributed by atoms with E-state index in [-0.39, 0.29) is 6.54 Å². The summed E-state index contributed by atoms with van der Waals surface area (Å²) < 4.78 is 5.82. The number of piperidine rings is 1. The number of hydrogen-bond acceptors (Lipinski definition) is 4. The first kappa shape index (κ1) is 19.5. The fourth-order valence-electron chi connectivity index (χ4n) is 3.76. The van der Waals surface area contributed by atoms with Crippen LogP contribution in [-0.4, -0.2) is 66.2 Å². The van der Waals surface area contributed by atoms with Crippen LogP contribution < -0.4 is 4.74 Å². The number of likely N-dealkylation sites (tertiary alicyclic amines) is 1. The summed E-state index contributed by atoms with van der Waals surface area (Å²) in [4.78, 5) is 15.5. The van der Waals surface area contributed by atoms with Crippen LogP contribution in [0.15, 0.2) is 17.7 Å². The van der Waals surface area contributed by atoms with Gasteiger partial charge in [-0.15, -0.1) is 0 Å². The second-order valence-electron chi connectivity index (χ2n) is 6.86. The Morgan fingerprint density at radius 1 is 1.35 bits per heavy atom. The molecule has 0 unspecified atom stereocenters. The zero-order valence-electron chi connectivity index (χ0n) is 14.9. The summed E-state index contributed by atoms with van der Waals surface area (Å²) >= 11 is 12.3. The average Bonchev–Trinajstić information content (AvgIpc) is 2.60. The van der Waals surface area contributed by atoms with Crippen LogP contribution in [0.5, 0.6) is 5.75 Å². The maximum Gasteiger partial charge on any atom is 0.317 e. The molecule has 1 fully saturated rings. The molecule has 0 radical (unpaired) electrons.